The first-order chi connectivity index (χ1) is 8.91. The number of benzene rings is 1. The van der Waals surface area contributed by atoms with Crippen molar-refractivity contribution in [1.29, 1.82) is 5.41 Å². The molecular weight excluding hydrogens is 262 g/mol. The number of hydrogen-bond acceptors (Lipinski definition) is 3. The van der Waals surface area contributed by atoms with Gasteiger partial charge in [0.25, 0.3) is 0 Å². The molecule has 6 heteroatoms. The summed E-state index contributed by atoms with van der Waals surface area (Å²) in [7, 11) is -3.46. The Morgan fingerprint density at radius 1 is 1.37 bits per heavy atom. The van der Waals surface area contributed by atoms with Gasteiger partial charge in [-0.3, -0.25) is 5.41 Å². The highest BCUT2D eigenvalue weighted by Crippen LogP contribution is 2.23. The van der Waals surface area contributed by atoms with Crippen molar-refractivity contribution in [2.24, 2.45) is 11.7 Å². The predicted molar refractivity (Wildman–Crippen MR) is 74.6 cm³/mol. The molecule has 3 N–H and O–H groups in total. The van der Waals surface area contributed by atoms with Crippen LogP contribution in [-0.2, 0) is 10.0 Å². The van der Waals surface area contributed by atoms with Gasteiger partial charge in [0.2, 0.25) is 10.0 Å². The Morgan fingerprint density at radius 3 is 2.58 bits per heavy atom. The molecule has 0 aliphatic carbocycles. The Bertz CT molecular complexity index is 566. The molecule has 0 radical (unpaired) electrons. The van der Waals surface area contributed by atoms with E-state index in [1.165, 1.54) is 4.31 Å². The molecule has 0 aromatic heterocycles. The molecule has 0 amide bonds. The Balaban J connectivity index is 2.24. The van der Waals surface area contributed by atoms with E-state index in [4.69, 9.17) is 11.1 Å². The third-order valence-electron chi connectivity index (χ3n) is 3.48. The fourth-order valence-corrected chi connectivity index (χ4v) is 3.80. The molecule has 1 aromatic rings. The maximum absolute atomic E-state index is 12.5. The number of amidine groups is 1. The van der Waals surface area contributed by atoms with Gasteiger partial charge in [-0.2, -0.15) is 4.31 Å². The standard InChI is InChI=1S/C13H19N3O2S/c1-10-4-6-12(7-5-10)19(17,18)16-8-2-3-11(9-16)13(14)15/h4-7,11H,2-3,8-9H2,1H3,(H3,14,15). The van der Waals surface area contributed by atoms with Crippen molar-refractivity contribution >= 4 is 15.9 Å². The van der Waals surface area contributed by atoms with E-state index in [0.717, 1.165) is 18.4 Å². The number of hydrogen-bond donors (Lipinski definition) is 2. The number of nitrogens with two attached hydrogens (primary N) is 1. The molecule has 2 rings (SSSR count). The molecule has 1 aliphatic heterocycles. The van der Waals surface area contributed by atoms with Gasteiger partial charge in [-0.15, -0.1) is 0 Å². The van der Waals surface area contributed by atoms with E-state index in [1.54, 1.807) is 24.3 Å². The summed E-state index contributed by atoms with van der Waals surface area (Å²) < 4.78 is 26.4. The summed E-state index contributed by atoms with van der Waals surface area (Å²) in [5, 5.41) is 7.47. The Kier molecular flexibility index (Phi) is 3.91. The molecule has 1 aromatic carbocycles. The first-order valence-electron chi connectivity index (χ1n) is 6.32. The molecule has 1 saturated heterocycles. The van der Waals surface area contributed by atoms with E-state index < -0.39 is 10.0 Å². The first-order valence-corrected chi connectivity index (χ1v) is 7.76. The zero-order valence-corrected chi connectivity index (χ0v) is 11.8. The van der Waals surface area contributed by atoms with Gasteiger partial charge in [-0.1, -0.05) is 17.7 Å². The Morgan fingerprint density at radius 2 is 2.00 bits per heavy atom. The maximum atomic E-state index is 12.5. The van der Waals surface area contributed by atoms with Crippen molar-refractivity contribution in [3.05, 3.63) is 29.8 Å². The quantitative estimate of drug-likeness (QED) is 0.647. The second-order valence-electron chi connectivity index (χ2n) is 4.97. The first kappa shape index (κ1) is 14.0. The third-order valence-corrected chi connectivity index (χ3v) is 5.36. The highest BCUT2D eigenvalue weighted by atomic mass is 32.2. The molecule has 104 valence electrons. The summed E-state index contributed by atoms with van der Waals surface area (Å²) >= 11 is 0. The average Bonchev–Trinajstić information content (AvgIpc) is 2.39. The summed E-state index contributed by atoms with van der Waals surface area (Å²) in [6, 6.07) is 6.84. The molecule has 1 heterocycles. The molecule has 1 atom stereocenters. The number of piperidine rings is 1. The highest BCUT2D eigenvalue weighted by molar-refractivity contribution is 7.89. The van der Waals surface area contributed by atoms with Crippen LogP contribution in [0, 0.1) is 18.3 Å². The number of nitrogens with zero attached hydrogens (tertiary/aromatic N) is 1. The van der Waals surface area contributed by atoms with Gasteiger partial charge >= 0.3 is 0 Å². The van der Waals surface area contributed by atoms with Crippen LogP contribution in [0.2, 0.25) is 0 Å². The molecule has 1 aliphatic rings. The van der Waals surface area contributed by atoms with Gasteiger partial charge in [0.1, 0.15) is 0 Å². The fraction of sp³-hybridized carbons (Fsp3) is 0.462. The van der Waals surface area contributed by atoms with Crippen LogP contribution in [0.5, 0.6) is 0 Å². The topological polar surface area (TPSA) is 87.2 Å². The summed E-state index contributed by atoms with van der Waals surface area (Å²) in [5.41, 5.74) is 6.52. The SMILES string of the molecule is Cc1ccc(S(=O)(=O)N2CCCC(C(=N)N)C2)cc1. The lowest BCUT2D eigenvalue weighted by molar-refractivity contribution is 0.310. The largest absolute Gasteiger partial charge is 0.387 e. The molecule has 1 fully saturated rings. The minimum absolute atomic E-state index is 0.0730. The van der Waals surface area contributed by atoms with Crippen LogP contribution in [-0.4, -0.2) is 31.6 Å². The van der Waals surface area contributed by atoms with Crippen LogP contribution >= 0.6 is 0 Å². The summed E-state index contributed by atoms with van der Waals surface area (Å²) in [4.78, 5) is 0.308. The lowest BCUT2D eigenvalue weighted by Gasteiger charge is -2.31. The molecule has 1 unspecified atom stereocenters. The van der Waals surface area contributed by atoms with Gasteiger partial charge < -0.3 is 5.73 Å². The van der Waals surface area contributed by atoms with Crippen molar-refractivity contribution < 1.29 is 8.42 Å². The average molecular weight is 281 g/mol. The smallest absolute Gasteiger partial charge is 0.243 e. The fourth-order valence-electron chi connectivity index (χ4n) is 2.27. The van der Waals surface area contributed by atoms with Gasteiger partial charge in [-0.05, 0) is 31.9 Å². The minimum Gasteiger partial charge on any atom is -0.387 e. The highest BCUT2D eigenvalue weighted by Gasteiger charge is 2.31. The summed E-state index contributed by atoms with van der Waals surface area (Å²) in [6.45, 7) is 2.73. The van der Waals surface area contributed by atoms with Crippen LogP contribution < -0.4 is 5.73 Å². The van der Waals surface area contributed by atoms with Crippen molar-refractivity contribution in [3.63, 3.8) is 0 Å². The van der Waals surface area contributed by atoms with E-state index in [2.05, 4.69) is 0 Å². The minimum atomic E-state index is -3.46. The molecule has 19 heavy (non-hydrogen) atoms. The van der Waals surface area contributed by atoms with Crippen molar-refractivity contribution in [1.82, 2.24) is 4.31 Å². The Hall–Kier alpha value is -1.40. The van der Waals surface area contributed by atoms with Gasteiger partial charge in [0, 0.05) is 19.0 Å². The van der Waals surface area contributed by atoms with Crippen LogP contribution in [0.3, 0.4) is 0 Å². The molecule has 0 bridgehead atoms. The van der Waals surface area contributed by atoms with Gasteiger partial charge in [-0.25, -0.2) is 8.42 Å². The van der Waals surface area contributed by atoms with Crippen LogP contribution in [0.15, 0.2) is 29.2 Å². The lowest BCUT2D eigenvalue weighted by atomic mass is 9.99. The zero-order valence-electron chi connectivity index (χ0n) is 11.0. The number of sulfonamides is 1. The summed E-state index contributed by atoms with van der Waals surface area (Å²) in [5.74, 6) is -0.0854. The summed E-state index contributed by atoms with van der Waals surface area (Å²) in [6.07, 6.45) is 1.53. The lowest BCUT2D eigenvalue weighted by Crippen LogP contribution is -2.43. The Labute approximate surface area is 114 Å². The van der Waals surface area contributed by atoms with Crippen molar-refractivity contribution in [2.75, 3.05) is 13.1 Å². The molecule has 0 spiro atoms. The van der Waals surface area contributed by atoms with E-state index in [0.29, 0.717) is 18.0 Å². The third kappa shape index (κ3) is 2.96. The number of nitrogens with one attached hydrogen (secondary N) is 1. The zero-order chi connectivity index (χ0) is 14.0. The second-order valence-corrected chi connectivity index (χ2v) is 6.91. The van der Waals surface area contributed by atoms with E-state index >= 15 is 0 Å². The normalized spacial score (nSPS) is 21.2. The molecular formula is C13H19N3O2S. The van der Waals surface area contributed by atoms with Crippen molar-refractivity contribution in [3.8, 4) is 0 Å². The monoisotopic (exact) mass is 281 g/mol. The van der Waals surface area contributed by atoms with Crippen molar-refractivity contribution in [2.45, 2.75) is 24.7 Å². The second kappa shape index (κ2) is 5.30. The number of rotatable bonds is 3. The van der Waals surface area contributed by atoms with Crippen LogP contribution in [0.1, 0.15) is 18.4 Å². The number of aryl methyl sites for hydroxylation is 1. The molecule has 5 nitrogen and oxygen atoms in total. The van der Waals surface area contributed by atoms with Crippen LogP contribution in [0.4, 0.5) is 0 Å². The maximum Gasteiger partial charge on any atom is 0.243 e. The van der Waals surface area contributed by atoms with Gasteiger partial charge in [0.15, 0.2) is 0 Å². The van der Waals surface area contributed by atoms with Crippen LogP contribution in [0.25, 0.3) is 0 Å². The van der Waals surface area contributed by atoms with Gasteiger partial charge in [0.05, 0.1) is 10.7 Å². The van der Waals surface area contributed by atoms with E-state index in [-0.39, 0.29) is 11.8 Å². The predicted octanol–water partition coefficient (Wildman–Crippen LogP) is 1.33. The van der Waals surface area contributed by atoms with E-state index in [9.17, 15) is 8.42 Å². The molecule has 0 saturated carbocycles. The van der Waals surface area contributed by atoms with E-state index in [1.807, 2.05) is 6.92 Å².